The molecule has 28 heavy (non-hydrogen) atoms. The van der Waals surface area contributed by atoms with E-state index < -0.39 is 5.91 Å². The van der Waals surface area contributed by atoms with Gasteiger partial charge in [-0.05, 0) is 35.9 Å². The Bertz CT molecular complexity index is 1030. The Morgan fingerprint density at radius 3 is 2.89 bits per heavy atom. The zero-order valence-electron chi connectivity index (χ0n) is 14.8. The average Bonchev–Trinajstić information content (AvgIpc) is 3.14. The second-order valence-corrected chi connectivity index (χ2v) is 6.58. The minimum atomic E-state index is -0.486. The van der Waals surface area contributed by atoms with E-state index in [2.05, 4.69) is 15.6 Å². The number of phenolic OH excluding ortho intramolecular Hbond substituents is 1. The van der Waals surface area contributed by atoms with Gasteiger partial charge < -0.3 is 9.84 Å². The van der Waals surface area contributed by atoms with Crippen LogP contribution >= 0.6 is 23.2 Å². The third-order valence-electron chi connectivity index (χ3n) is 3.84. The molecule has 9 heteroatoms. The number of hydrogen-bond acceptors (Lipinski definition) is 5. The number of nitrogens with one attached hydrogen (secondary N) is 1. The summed E-state index contributed by atoms with van der Waals surface area (Å²) >= 11 is 12.0. The van der Waals surface area contributed by atoms with E-state index in [1.54, 1.807) is 53.3 Å². The van der Waals surface area contributed by atoms with Crippen LogP contribution in [-0.4, -0.2) is 34.1 Å². The second kappa shape index (κ2) is 8.77. The molecule has 2 aromatic carbocycles. The van der Waals surface area contributed by atoms with Crippen LogP contribution in [-0.2, 0) is 6.54 Å². The number of benzene rings is 2. The summed E-state index contributed by atoms with van der Waals surface area (Å²) in [5.74, 6) is -0.235. The molecule has 0 atom stereocenters. The van der Waals surface area contributed by atoms with Crippen LogP contribution in [0.15, 0.2) is 53.8 Å². The molecule has 0 unspecified atom stereocenters. The summed E-state index contributed by atoms with van der Waals surface area (Å²) in [5, 5.41) is 19.1. The van der Waals surface area contributed by atoms with E-state index in [4.69, 9.17) is 27.9 Å². The maximum atomic E-state index is 12.2. The minimum Gasteiger partial charge on any atom is -0.504 e. The van der Waals surface area contributed by atoms with Crippen LogP contribution in [0.4, 0.5) is 0 Å². The predicted octanol–water partition coefficient (Wildman–Crippen LogP) is 3.72. The highest BCUT2D eigenvalue weighted by Crippen LogP contribution is 2.28. The van der Waals surface area contributed by atoms with Crippen LogP contribution in [0.2, 0.25) is 10.0 Å². The topological polar surface area (TPSA) is 88.7 Å². The minimum absolute atomic E-state index is 0.0629. The van der Waals surface area contributed by atoms with E-state index in [0.29, 0.717) is 27.9 Å². The molecule has 144 valence electrons. The SMILES string of the molecule is COc1cccc(C=NNC(=O)c2ccn(Cc3ccc(Cl)cc3Cl)n2)c1O. The molecule has 1 heterocycles. The Kier molecular flexibility index (Phi) is 6.18. The first-order chi connectivity index (χ1) is 13.5. The van der Waals surface area contributed by atoms with Crippen molar-refractivity contribution in [3.05, 3.63) is 75.5 Å². The normalized spacial score (nSPS) is 11.0. The van der Waals surface area contributed by atoms with E-state index in [0.717, 1.165) is 5.56 Å². The molecule has 7 nitrogen and oxygen atoms in total. The van der Waals surface area contributed by atoms with Gasteiger partial charge in [-0.15, -0.1) is 0 Å². The first-order valence-electron chi connectivity index (χ1n) is 8.14. The van der Waals surface area contributed by atoms with Gasteiger partial charge >= 0.3 is 0 Å². The van der Waals surface area contributed by atoms with Gasteiger partial charge in [-0.3, -0.25) is 9.48 Å². The first-order valence-corrected chi connectivity index (χ1v) is 8.90. The summed E-state index contributed by atoms with van der Waals surface area (Å²) in [4.78, 5) is 12.2. The number of phenols is 1. The standard InChI is InChI=1S/C19H16Cl2N4O3/c1-28-17-4-2-3-12(18(17)26)10-22-23-19(27)16-7-8-25(24-16)11-13-5-6-14(20)9-15(13)21/h2-10,26H,11H2,1H3,(H,23,27). The molecule has 0 bridgehead atoms. The lowest BCUT2D eigenvalue weighted by Crippen LogP contribution is -2.18. The monoisotopic (exact) mass is 418 g/mol. The number of para-hydroxylation sites is 1. The number of nitrogens with zero attached hydrogens (tertiary/aromatic N) is 3. The fraction of sp³-hybridized carbons (Fsp3) is 0.105. The van der Waals surface area contributed by atoms with E-state index in [1.165, 1.54) is 13.3 Å². The van der Waals surface area contributed by atoms with Gasteiger partial charge in [0.05, 0.1) is 19.9 Å². The number of ether oxygens (including phenoxy) is 1. The molecule has 1 aromatic heterocycles. The smallest absolute Gasteiger partial charge is 0.291 e. The van der Waals surface area contributed by atoms with Crippen molar-refractivity contribution in [2.24, 2.45) is 5.10 Å². The Morgan fingerprint density at radius 2 is 2.14 bits per heavy atom. The lowest BCUT2D eigenvalue weighted by atomic mass is 10.2. The van der Waals surface area contributed by atoms with Crippen LogP contribution in [0, 0.1) is 0 Å². The van der Waals surface area contributed by atoms with Crippen LogP contribution < -0.4 is 10.2 Å². The number of carbonyl (C=O) groups is 1. The molecule has 0 radical (unpaired) electrons. The number of amides is 1. The number of hydrogen-bond donors (Lipinski definition) is 2. The second-order valence-electron chi connectivity index (χ2n) is 5.73. The lowest BCUT2D eigenvalue weighted by Gasteiger charge is -2.05. The van der Waals surface area contributed by atoms with Gasteiger partial charge in [-0.2, -0.15) is 10.2 Å². The first kappa shape index (κ1) is 19.7. The summed E-state index contributed by atoms with van der Waals surface area (Å²) in [6.45, 7) is 0.393. The summed E-state index contributed by atoms with van der Waals surface area (Å²) in [5.41, 5.74) is 3.79. The fourth-order valence-electron chi connectivity index (χ4n) is 2.42. The molecular formula is C19H16Cl2N4O3. The molecule has 2 N–H and O–H groups in total. The number of aromatic hydroxyl groups is 1. The van der Waals surface area contributed by atoms with Crippen molar-refractivity contribution in [2.45, 2.75) is 6.54 Å². The zero-order valence-corrected chi connectivity index (χ0v) is 16.3. The van der Waals surface area contributed by atoms with Crippen molar-refractivity contribution in [1.82, 2.24) is 15.2 Å². The maximum absolute atomic E-state index is 12.2. The summed E-state index contributed by atoms with van der Waals surface area (Å²) in [6.07, 6.45) is 2.98. The number of halogens is 2. The molecule has 0 spiro atoms. The van der Waals surface area contributed by atoms with Crippen LogP contribution in [0.5, 0.6) is 11.5 Å². The van der Waals surface area contributed by atoms with Crippen LogP contribution in [0.25, 0.3) is 0 Å². The maximum Gasteiger partial charge on any atom is 0.291 e. The summed E-state index contributed by atoms with van der Waals surface area (Å²) in [6, 6.07) is 11.7. The number of hydrazone groups is 1. The Balaban J connectivity index is 1.64. The van der Waals surface area contributed by atoms with Crippen molar-refractivity contribution in [3.63, 3.8) is 0 Å². The lowest BCUT2D eigenvalue weighted by molar-refractivity contribution is 0.0949. The van der Waals surface area contributed by atoms with Crippen molar-refractivity contribution in [1.29, 1.82) is 0 Å². The van der Waals surface area contributed by atoms with Gasteiger partial charge in [0.1, 0.15) is 0 Å². The van der Waals surface area contributed by atoms with E-state index in [9.17, 15) is 9.90 Å². The summed E-state index contributed by atoms with van der Waals surface area (Å²) < 4.78 is 6.61. The van der Waals surface area contributed by atoms with Gasteiger partial charge in [0.15, 0.2) is 17.2 Å². The van der Waals surface area contributed by atoms with Crippen molar-refractivity contribution in [3.8, 4) is 11.5 Å². The molecule has 1 amide bonds. The van der Waals surface area contributed by atoms with Crippen LogP contribution in [0.1, 0.15) is 21.6 Å². The molecule has 0 aliphatic heterocycles. The number of rotatable bonds is 6. The van der Waals surface area contributed by atoms with Crippen molar-refractivity contribution < 1.29 is 14.6 Å². The highest BCUT2D eigenvalue weighted by molar-refractivity contribution is 6.35. The van der Waals surface area contributed by atoms with E-state index in [-0.39, 0.29) is 11.4 Å². The van der Waals surface area contributed by atoms with Gasteiger partial charge in [-0.1, -0.05) is 35.3 Å². The molecular weight excluding hydrogens is 403 g/mol. The number of carbonyl (C=O) groups excluding carboxylic acids is 1. The van der Waals surface area contributed by atoms with Crippen molar-refractivity contribution in [2.75, 3.05) is 7.11 Å². The molecule has 0 aliphatic rings. The highest BCUT2D eigenvalue weighted by atomic mass is 35.5. The molecule has 0 saturated carbocycles. The quantitative estimate of drug-likeness (QED) is 0.471. The van der Waals surface area contributed by atoms with E-state index in [1.807, 2.05) is 0 Å². The average molecular weight is 419 g/mol. The predicted molar refractivity (Wildman–Crippen MR) is 108 cm³/mol. The molecule has 0 fully saturated rings. The highest BCUT2D eigenvalue weighted by Gasteiger charge is 2.10. The molecule has 3 aromatic rings. The van der Waals surface area contributed by atoms with Gasteiger partial charge in [-0.25, -0.2) is 5.43 Å². The molecule has 0 saturated heterocycles. The third kappa shape index (κ3) is 4.62. The Hall–Kier alpha value is -3.03. The third-order valence-corrected chi connectivity index (χ3v) is 4.43. The zero-order chi connectivity index (χ0) is 20.1. The Labute approximate surface area is 171 Å². The Morgan fingerprint density at radius 1 is 1.32 bits per heavy atom. The van der Waals surface area contributed by atoms with E-state index >= 15 is 0 Å². The van der Waals surface area contributed by atoms with Crippen LogP contribution in [0.3, 0.4) is 0 Å². The molecule has 0 aliphatic carbocycles. The number of aromatic nitrogens is 2. The largest absolute Gasteiger partial charge is 0.504 e. The number of methoxy groups -OCH3 is 1. The van der Waals surface area contributed by atoms with Crippen molar-refractivity contribution >= 4 is 35.3 Å². The van der Waals surface area contributed by atoms with Gasteiger partial charge in [0.2, 0.25) is 0 Å². The molecule has 3 rings (SSSR count). The summed E-state index contributed by atoms with van der Waals surface area (Å²) in [7, 11) is 1.45. The van der Waals surface area contributed by atoms with Gasteiger partial charge in [0, 0.05) is 21.8 Å². The van der Waals surface area contributed by atoms with Gasteiger partial charge in [0.25, 0.3) is 5.91 Å². The fourth-order valence-corrected chi connectivity index (χ4v) is 2.89.